The monoisotopic (exact) mass is 509 g/mol. The Kier molecular flexibility index (Phi) is 8.14. The van der Waals surface area contributed by atoms with E-state index in [4.69, 9.17) is 9.47 Å². The highest BCUT2D eigenvalue weighted by atomic mass is 32.2. The van der Waals surface area contributed by atoms with Crippen LogP contribution < -0.4 is 14.8 Å². The van der Waals surface area contributed by atoms with E-state index >= 15 is 0 Å². The summed E-state index contributed by atoms with van der Waals surface area (Å²) in [6, 6.07) is 13.0. The molecule has 0 saturated heterocycles. The van der Waals surface area contributed by atoms with Gasteiger partial charge in [0.15, 0.2) is 0 Å². The Morgan fingerprint density at radius 1 is 1.17 bits per heavy atom. The molecule has 0 saturated carbocycles. The van der Waals surface area contributed by atoms with Crippen molar-refractivity contribution in [3.05, 3.63) is 53.6 Å². The minimum absolute atomic E-state index is 0.0499. The van der Waals surface area contributed by atoms with Gasteiger partial charge in [0.1, 0.15) is 17.5 Å². The Labute approximate surface area is 217 Å². The quantitative estimate of drug-likeness (QED) is 0.457. The topological polar surface area (TPSA) is 72.8 Å². The van der Waals surface area contributed by atoms with Crippen LogP contribution in [0.3, 0.4) is 0 Å². The molecular weight excluding hydrogens is 474 g/mol. The lowest BCUT2D eigenvalue weighted by atomic mass is 10.0. The van der Waals surface area contributed by atoms with Gasteiger partial charge in [-0.25, -0.2) is 0 Å². The number of hydrogen-bond donors (Lipinski definition) is 1. The van der Waals surface area contributed by atoms with Crippen LogP contribution in [-0.4, -0.2) is 54.3 Å². The van der Waals surface area contributed by atoms with Crippen molar-refractivity contribution in [2.75, 3.05) is 33.1 Å². The summed E-state index contributed by atoms with van der Waals surface area (Å²) in [6.45, 7) is 5.23. The second-order valence-corrected chi connectivity index (χ2v) is 10.4. The number of fused-ring (bicyclic) bond motifs is 3. The highest BCUT2D eigenvalue weighted by Gasteiger charge is 2.38. The van der Waals surface area contributed by atoms with Crippen LogP contribution in [0.15, 0.2) is 47.5 Å². The minimum Gasteiger partial charge on any atom is -0.497 e. The fourth-order valence-electron chi connectivity index (χ4n) is 4.78. The summed E-state index contributed by atoms with van der Waals surface area (Å²) in [7, 11) is 5.26. The van der Waals surface area contributed by atoms with Gasteiger partial charge in [-0.15, -0.1) is 0 Å². The Bertz CT molecular complexity index is 1250. The van der Waals surface area contributed by atoms with Crippen LogP contribution in [0.4, 0.5) is 0 Å². The number of nitrogens with one attached hydrogen (secondary N) is 1. The number of rotatable bonds is 9. The van der Waals surface area contributed by atoms with E-state index in [1.807, 2.05) is 43.4 Å². The maximum atomic E-state index is 13.8. The van der Waals surface area contributed by atoms with E-state index in [-0.39, 0.29) is 17.6 Å². The number of hydrogen-bond acceptors (Lipinski definition) is 5. The van der Waals surface area contributed by atoms with Crippen molar-refractivity contribution >= 4 is 34.5 Å². The van der Waals surface area contributed by atoms with Gasteiger partial charge in [-0.1, -0.05) is 43.8 Å². The first-order valence-electron chi connectivity index (χ1n) is 12.3. The number of benzene rings is 2. The molecule has 192 valence electrons. The fourth-order valence-corrected chi connectivity index (χ4v) is 5.87. The zero-order valence-corrected chi connectivity index (χ0v) is 22.5. The lowest BCUT2D eigenvalue weighted by molar-refractivity contribution is -0.138. The number of thioether (sulfide) groups is 1. The number of nitrogens with zero attached hydrogens (tertiary/aromatic N) is 2. The summed E-state index contributed by atoms with van der Waals surface area (Å²) in [4.78, 5) is 29.0. The number of para-hydroxylation sites is 1. The zero-order chi connectivity index (χ0) is 25.8. The van der Waals surface area contributed by atoms with Gasteiger partial charge in [0.25, 0.3) is 0 Å². The van der Waals surface area contributed by atoms with Crippen molar-refractivity contribution in [3.63, 3.8) is 0 Å². The Morgan fingerprint density at radius 2 is 1.94 bits per heavy atom. The molecule has 0 radical (unpaired) electrons. The standard InChI is InChI=1S/C28H35N3O4S/c1-18(2)12-14-29-27(33)26-25-21-8-6-7-9-22(21)30(3)28(25)36-17-24(32)31(26)15-13-19-16-20(34-4)10-11-23(19)35-5/h6-11,16,18,26H,12-15,17H2,1-5H3,(H,29,33). The second kappa shape index (κ2) is 11.3. The maximum Gasteiger partial charge on any atom is 0.247 e. The van der Waals surface area contributed by atoms with Crippen molar-refractivity contribution in [1.82, 2.24) is 14.8 Å². The third kappa shape index (κ3) is 5.19. The molecule has 2 aromatic carbocycles. The molecule has 1 unspecified atom stereocenters. The van der Waals surface area contributed by atoms with Crippen LogP contribution in [0.5, 0.6) is 11.5 Å². The molecule has 0 spiro atoms. The zero-order valence-electron chi connectivity index (χ0n) is 21.7. The Morgan fingerprint density at radius 3 is 2.67 bits per heavy atom. The van der Waals surface area contributed by atoms with Gasteiger partial charge in [0, 0.05) is 36.6 Å². The molecular formula is C28H35N3O4S. The molecule has 3 aromatic rings. The number of amides is 2. The average Bonchev–Trinajstić information content (AvgIpc) is 3.05. The molecule has 1 aliphatic heterocycles. The molecule has 0 fully saturated rings. The van der Waals surface area contributed by atoms with E-state index in [0.717, 1.165) is 45.0 Å². The molecule has 1 N–H and O–H groups in total. The van der Waals surface area contributed by atoms with Crippen LogP contribution in [0, 0.1) is 5.92 Å². The van der Waals surface area contributed by atoms with Gasteiger partial charge in [0.2, 0.25) is 11.8 Å². The number of methoxy groups -OCH3 is 2. The van der Waals surface area contributed by atoms with Gasteiger partial charge in [-0.3, -0.25) is 9.59 Å². The minimum atomic E-state index is -0.711. The van der Waals surface area contributed by atoms with Crippen LogP contribution in [0.25, 0.3) is 10.9 Å². The molecule has 7 nitrogen and oxygen atoms in total. The van der Waals surface area contributed by atoms with Crippen molar-refractivity contribution in [2.24, 2.45) is 13.0 Å². The number of aryl methyl sites for hydroxylation is 1. The highest BCUT2D eigenvalue weighted by molar-refractivity contribution is 8.00. The van der Waals surface area contributed by atoms with E-state index in [0.29, 0.717) is 25.4 Å². The molecule has 0 bridgehead atoms. The van der Waals surface area contributed by atoms with Gasteiger partial charge in [-0.2, -0.15) is 0 Å². The van der Waals surface area contributed by atoms with Crippen LogP contribution in [0.1, 0.15) is 37.4 Å². The van der Waals surface area contributed by atoms with E-state index in [1.54, 1.807) is 19.1 Å². The van der Waals surface area contributed by atoms with E-state index in [1.165, 1.54) is 11.8 Å². The Balaban J connectivity index is 1.74. The van der Waals surface area contributed by atoms with Gasteiger partial charge >= 0.3 is 0 Å². The second-order valence-electron chi connectivity index (χ2n) is 9.47. The molecule has 8 heteroatoms. The molecule has 2 heterocycles. The molecule has 1 atom stereocenters. The molecule has 1 aromatic heterocycles. The van der Waals surface area contributed by atoms with Gasteiger partial charge in [0.05, 0.1) is 25.0 Å². The summed E-state index contributed by atoms with van der Waals surface area (Å²) in [6.07, 6.45) is 1.41. The predicted molar refractivity (Wildman–Crippen MR) is 144 cm³/mol. The van der Waals surface area contributed by atoms with Crippen LogP contribution in [-0.2, 0) is 23.1 Å². The average molecular weight is 510 g/mol. The Hall–Kier alpha value is -3.13. The van der Waals surface area contributed by atoms with E-state index in [9.17, 15) is 9.59 Å². The summed E-state index contributed by atoms with van der Waals surface area (Å²) < 4.78 is 13.1. The van der Waals surface area contributed by atoms with Crippen molar-refractivity contribution in [2.45, 2.75) is 37.8 Å². The SMILES string of the molecule is COc1ccc(OC)c(CCN2C(=O)CSc3c(c4ccccc4n3C)C2C(=O)NCCC(C)C)c1. The van der Waals surface area contributed by atoms with E-state index in [2.05, 4.69) is 29.8 Å². The molecule has 0 aliphatic carbocycles. The van der Waals surface area contributed by atoms with Crippen LogP contribution >= 0.6 is 11.8 Å². The lowest BCUT2D eigenvalue weighted by Crippen LogP contribution is -2.45. The number of carbonyl (C=O) groups is 2. The largest absolute Gasteiger partial charge is 0.497 e. The smallest absolute Gasteiger partial charge is 0.247 e. The third-order valence-electron chi connectivity index (χ3n) is 6.71. The van der Waals surface area contributed by atoms with Crippen LogP contribution in [0.2, 0.25) is 0 Å². The summed E-state index contributed by atoms with van der Waals surface area (Å²) in [5.41, 5.74) is 2.89. The summed E-state index contributed by atoms with van der Waals surface area (Å²) in [5, 5.41) is 5.09. The number of aromatic nitrogens is 1. The number of carbonyl (C=O) groups excluding carboxylic acids is 2. The highest BCUT2D eigenvalue weighted by Crippen LogP contribution is 2.42. The van der Waals surface area contributed by atoms with Gasteiger partial charge in [-0.05, 0) is 48.6 Å². The van der Waals surface area contributed by atoms with Gasteiger partial charge < -0.3 is 24.3 Å². The predicted octanol–water partition coefficient (Wildman–Crippen LogP) is 4.58. The molecule has 4 rings (SSSR count). The third-order valence-corrected chi connectivity index (χ3v) is 7.87. The fraction of sp³-hybridized carbons (Fsp3) is 0.429. The van der Waals surface area contributed by atoms with Crippen molar-refractivity contribution in [3.8, 4) is 11.5 Å². The normalized spacial score (nSPS) is 15.7. The molecule has 36 heavy (non-hydrogen) atoms. The van der Waals surface area contributed by atoms with E-state index < -0.39 is 6.04 Å². The summed E-state index contributed by atoms with van der Waals surface area (Å²) >= 11 is 1.51. The summed E-state index contributed by atoms with van der Waals surface area (Å²) in [5.74, 6) is 2.02. The molecule has 2 amide bonds. The first-order chi connectivity index (χ1) is 17.3. The lowest BCUT2D eigenvalue weighted by Gasteiger charge is -2.30. The molecule has 1 aliphatic rings. The van der Waals surface area contributed by atoms with Crippen molar-refractivity contribution < 1.29 is 19.1 Å². The first kappa shape index (κ1) is 25.9. The van der Waals surface area contributed by atoms with Crippen molar-refractivity contribution in [1.29, 1.82) is 0 Å². The number of ether oxygens (including phenoxy) is 2. The first-order valence-corrected chi connectivity index (χ1v) is 13.3. The maximum absolute atomic E-state index is 13.8.